The lowest BCUT2D eigenvalue weighted by molar-refractivity contribution is -0.150. The highest BCUT2D eigenvalue weighted by atomic mass is 16.5. The van der Waals surface area contributed by atoms with E-state index in [4.69, 9.17) is 10.8 Å². The number of ether oxygens (including phenoxy) is 1. The monoisotopic (exact) mass is 216 g/mol. The predicted molar refractivity (Wildman–Crippen MR) is 47.7 cm³/mol. The summed E-state index contributed by atoms with van der Waals surface area (Å²) in [5.41, 5.74) is 5.13. The lowest BCUT2D eigenvalue weighted by Crippen LogP contribution is -2.40. The van der Waals surface area contributed by atoms with Gasteiger partial charge >= 0.3 is 11.9 Å². The molecule has 1 aliphatic rings. The molecule has 0 spiro atoms. The van der Waals surface area contributed by atoms with E-state index in [1.54, 1.807) is 0 Å². The van der Waals surface area contributed by atoms with Crippen molar-refractivity contribution in [3.8, 4) is 0 Å². The smallest absolute Gasteiger partial charge is 0.328 e. The topological polar surface area (TPSA) is 119 Å². The quantitative estimate of drug-likeness (QED) is 0.478. The number of nitrogens with one attached hydrogen (secondary N) is 1. The number of carboxylic acid groups (broad SMARTS) is 1. The molecule has 15 heavy (non-hydrogen) atoms. The van der Waals surface area contributed by atoms with Gasteiger partial charge in [0.05, 0.1) is 0 Å². The molecule has 0 unspecified atom stereocenters. The number of carbonyl (C=O) groups is 3. The van der Waals surface area contributed by atoms with Gasteiger partial charge in [-0.05, 0) is 6.42 Å². The Morgan fingerprint density at radius 2 is 2.33 bits per heavy atom. The molecule has 1 saturated heterocycles. The summed E-state index contributed by atoms with van der Waals surface area (Å²) in [6, 6.07) is -1.90. The van der Waals surface area contributed by atoms with Crippen LogP contribution in [0.5, 0.6) is 0 Å². The molecule has 1 aliphatic heterocycles. The molecule has 4 N–H and O–H groups in total. The van der Waals surface area contributed by atoms with Crippen LogP contribution in [0.4, 0.5) is 0 Å². The Bertz CT molecular complexity index is 291. The molecular formula is C8H12N2O5. The van der Waals surface area contributed by atoms with Crippen molar-refractivity contribution < 1.29 is 24.2 Å². The number of nitrogens with two attached hydrogens (primary N) is 1. The highest BCUT2D eigenvalue weighted by molar-refractivity contribution is 5.88. The Balaban J connectivity index is 2.30. The minimum absolute atomic E-state index is 0.209. The lowest BCUT2D eigenvalue weighted by Gasteiger charge is -2.11. The maximum Gasteiger partial charge on any atom is 0.328 e. The van der Waals surface area contributed by atoms with Crippen LogP contribution in [0.25, 0.3) is 0 Å². The van der Waals surface area contributed by atoms with Crippen LogP contribution in [0.15, 0.2) is 0 Å². The van der Waals surface area contributed by atoms with E-state index >= 15 is 0 Å². The summed E-state index contributed by atoms with van der Waals surface area (Å²) in [6.07, 6.45) is 0.657. The molecule has 0 aliphatic carbocycles. The van der Waals surface area contributed by atoms with Crippen LogP contribution >= 0.6 is 0 Å². The zero-order valence-corrected chi connectivity index (χ0v) is 7.93. The van der Waals surface area contributed by atoms with Crippen molar-refractivity contribution in [2.24, 2.45) is 5.73 Å². The second kappa shape index (κ2) is 4.74. The molecule has 7 heteroatoms. The molecule has 0 aromatic rings. The van der Waals surface area contributed by atoms with Crippen molar-refractivity contribution in [1.82, 2.24) is 5.32 Å². The second-order valence-electron chi connectivity index (χ2n) is 3.23. The number of rotatable bonds is 4. The number of aliphatic carboxylic acids is 1. The maximum absolute atomic E-state index is 11.2. The Morgan fingerprint density at radius 3 is 2.80 bits per heavy atom. The molecule has 84 valence electrons. The molecule has 1 fully saturated rings. The molecule has 1 heterocycles. The molecule has 2 atom stereocenters. The minimum Gasteiger partial charge on any atom is -0.480 e. The molecule has 0 saturated carbocycles. The number of hydrogen-bond acceptors (Lipinski definition) is 5. The highest BCUT2D eigenvalue weighted by Crippen LogP contribution is 2.07. The molecule has 1 amide bonds. The summed E-state index contributed by atoms with van der Waals surface area (Å²) >= 11 is 0. The fourth-order valence-corrected chi connectivity index (χ4v) is 1.13. The van der Waals surface area contributed by atoms with Crippen molar-refractivity contribution in [1.29, 1.82) is 0 Å². The van der Waals surface area contributed by atoms with Gasteiger partial charge in [0.25, 0.3) is 0 Å². The largest absolute Gasteiger partial charge is 0.480 e. The van der Waals surface area contributed by atoms with Gasteiger partial charge in [-0.1, -0.05) is 0 Å². The third-order valence-corrected chi connectivity index (χ3v) is 2.00. The first-order valence-electron chi connectivity index (χ1n) is 4.45. The average molecular weight is 216 g/mol. The Morgan fingerprint density at radius 1 is 1.67 bits per heavy atom. The van der Waals surface area contributed by atoms with Crippen molar-refractivity contribution in [3.63, 3.8) is 0 Å². The van der Waals surface area contributed by atoms with Crippen LogP contribution in [0.1, 0.15) is 12.8 Å². The Hall–Kier alpha value is -1.63. The molecule has 0 bridgehead atoms. The fourth-order valence-electron chi connectivity index (χ4n) is 1.13. The van der Waals surface area contributed by atoms with Gasteiger partial charge in [0.2, 0.25) is 5.91 Å². The van der Waals surface area contributed by atoms with Gasteiger partial charge in [-0.15, -0.1) is 0 Å². The van der Waals surface area contributed by atoms with Gasteiger partial charge in [0.1, 0.15) is 18.7 Å². The average Bonchev–Trinajstić information content (AvgIpc) is 2.60. The second-order valence-corrected chi connectivity index (χ2v) is 3.23. The summed E-state index contributed by atoms with van der Waals surface area (Å²) in [6.45, 7) is -0.388. The normalized spacial score (nSPS) is 21.9. The van der Waals surface area contributed by atoms with E-state index in [2.05, 4.69) is 10.1 Å². The lowest BCUT2D eigenvalue weighted by atomic mass is 10.2. The summed E-state index contributed by atoms with van der Waals surface area (Å²) in [5.74, 6) is -2.09. The van der Waals surface area contributed by atoms with E-state index in [-0.39, 0.29) is 18.9 Å². The van der Waals surface area contributed by atoms with E-state index in [9.17, 15) is 14.4 Å². The molecular weight excluding hydrogens is 204 g/mol. The van der Waals surface area contributed by atoms with E-state index < -0.39 is 24.0 Å². The van der Waals surface area contributed by atoms with E-state index in [0.717, 1.165) is 0 Å². The molecule has 0 aromatic carbocycles. The first kappa shape index (κ1) is 11.4. The van der Waals surface area contributed by atoms with E-state index in [1.807, 2.05) is 0 Å². The van der Waals surface area contributed by atoms with Crippen molar-refractivity contribution in [3.05, 3.63) is 0 Å². The van der Waals surface area contributed by atoms with Gasteiger partial charge in [-0.3, -0.25) is 9.59 Å². The van der Waals surface area contributed by atoms with Gasteiger partial charge in [0.15, 0.2) is 0 Å². The van der Waals surface area contributed by atoms with Crippen LogP contribution in [0.2, 0.25) is 0 Å². The zero-order chi connectivity index (χ0) is 11.4. The van der Waals surface area contributed by atoms with E-state index in [0.29, 0.717) is 6.42 Å². The van der Waals surface area contributed by atoms with Crippen molar-refractivity contribution >= 4 is 17.8 Å². The molecule has 0 radical (unpaired) electrons. The first-order valence-corrected chi connectivity index (χ1v) is 4.45. The molecule has 7 nitrogen and oxygen atoms in total. The summed E-state index contributed by atoms with van der Waals surface area (Å²) in [4.78, 5) is 32.3. The van der Waals surface area contributed by atoms with Crippen LogP contribution in [-0.4, -0.2) is 41.6 Å². The van der Waals surface area contributed by atoms with Gasteiger partial charge in [-0.25, -0.2) is 4.79 Å². The standard InChI is InChI=1S/C8H12N2O5/c9-4(7(12)13)3-15-8(14)5-1-2-6(11)10-5/h4-5H,1-3,9H2,(H,10,11)(H,12,13)/t4-,5-/m0/s1. The van der Waals surface area contributed by atoms with Crippen LogP contribution < -0.4 is 11.1 Å². The number of hydrogen-bond donors (Lipinski definition) is 3. The number of esters is 1. The third-order valence-electron chi connectivity index (χ3n) is 2.00. The Kier molecular flexibility index (Phi) is 3.62. The molecule has 1 rings (SSSR count). The van der Waals surface area contributed by atoms with Crippen LogP contribution in [0, 0.1) is 0 Å². The van der Waals surface area contributed by atoms with Crippen LogP contribution in [0.3, 0.4) is 0 Å². The number of amides is 1. The summed E-state index contributed by atoms with van der Waals surface area (Å²) in [7, 11) is 0. The summed E-state index contributed by atoms with van der Waals surface area (Å²) in [5, 5.41) is 10.8. The fraction of sp³-hybridized carbons (Fsp3) is 0.625. The van der Waals surface area contributed by atoms with E-state index in [1.165, 1.54) is 0 Å². The summed E-state index contributed by atoms with van der Waals surface area (Å²) < 4.78 is 4.64. The third kappa shape index (κ3) is 3.21. The number of carbonyl (C=O) groups excluding carboxylic acids is 2. The van der Waals surface area contributed by atoms with Gasteiger partial charge in [-0.2, -0.15) is 0 Å². The highest BCUT2D eigenvalue weighted by Gasteiger charge is 2.29. The first-order chi connectivity index (χ1) is 7.00. The van der Waals surface area contributed by atoms with Crippen molar-refractivity contribution in [2.45, 2.75) is 24.9 Å². The molecule has 0 aromatic heterocycles. The van der Waals surface area contributed by atoms with Crippen LogP contribution in [-0.2, 0) is 19.1 Å². The maximum atomic E-state index is 11.2. The Labute approximate surface area is 85.6 Å². The zero-order valence-electron chi connectivity index (χ0n) is 7.93. The van der Waals surface area contributed by atoms with Crippen molar-refractivity contribution in [2.75, 3.05) is 6.61 Å². The van der Waals surface area contributed by atoms with Gasteiger partial charge in [0, 0.05) is 6.42 Å². The predicted octanol–water partition coefficient (Wildman–Crippen LogP) is -1.78. The number of carboxylic acids is 1. The minimum atomic E-state index is -1.24. The van der Waals surface area contributed by atoms with Gasteiger partial charge < -0.3 is 20.9 Å². The SMILES string of the molecule is N[C@@H](COC(=O)[C@@H]1CCC(=O)N1)C(=O)O.